The van der Waals surface area contributed by atoms with Crippen LogP contribution in [-0.4, -0.2) is 24.7 Å². The Labute approximate surface area is 119 Å². The number of aliphatic carboxylic acids is 1. The first kappa shape index (κ1) is 14.1. The third kappa shape index (κ3) is 3.18. The molecular weight excluding hydrogens is 250 g/mol. The van der Waals surface area contributed by atoms with Crippen molar-refractivity contribution in [2.45, 2.75) is 12.8 Å². The van der Waals surface area contributed by atoms with Gasteiger partial charge >= 0.3 is 5.97 Å². The summed E-state index contributed by atoms with van der Waals surface area (Å²) in [6.07, 6.45) is 0. The lowest BCUT2D eigenvalue weighted by atomic mass is 9.98. The SMILES string of the molecule is Cc1ccccc1N(C)CC(C(=O)O)c1ccccc1. The highest BCUT2D eigenvalue weighted by Gasteiger charge is 2.22. The van der Waals surface area contributed by atoms with E-state index in [0.29, 0.717) is 6.54 Å². The van der Waals surface area contributed by atoms with Gasteiger partial charge in [-0.25, -0.2) is 0 Å². The minimum Gasteiger partial charge on any atom is -0.481 e. The molecular formula is C17H19NO2. The number of nitrogens with zero attached hydrogens (tertiary/aromatic N) is 1. The second-order valence-corrected chi connectivity index (χ2v) is 4.97. The molecule has 0 saturated carbocycles. The Morgan fingerprint density at radius 2 is 1.70 bits per heavy atom. The number of anilines is 1. The van der Waals surface area contributed by atoms with Crippen molar-refractivity contribution in [1.82, 2.24) is 0 Å². The topological polar surface area (TPSA) is 40.5 Å². The van der Waals surface area contributed by atoms with E-state index in [0.717, 1.165) is 16.8 Å². The Morgan fingerprint density at radius 1 is 1.10 bits per heavy atom. The van der Waals surface area contributed by atoms with E-state index in [-0.39, 0.29) is 0 Å². The van der Waals surface area contributed by atoms with Crippen LogP contribution in [-0.2, 0) is 4.79 Å². The van der Waals surface area contributed by atoms with Crippen LogP contribution in [0.3, 0.4) is 0 Å². The van der Waals surface area contributed by atoms with Crippen LogP contribution in [0.5, 0.6) is 0 Å². The third-order valence-electron chi connectivity index (χ3n) is 3.48. The van der Waals surface area contributed by atoms with Gasteiger partial charge in [-0.3, -0.25) is 4.79 Å². The Balaban J connectivity index is 2.21. The second-order valence-electron chi connectivity index (χ2n) is 4.97. The molecule has 0 radical (unpaired) electrons. The summed E-state index contributed by atoms with van der Waals surface area (Å²) in [6, 6.07) is 17.4. The summed E-state index contributed by atoms with van der Waals surface area (Å²) >= 11 is 0. The molecule has 2 aromatic carbocycles. The van der Waals surface area contributed by atoms with Crippen LogP contribution >= 0.6 is 0 Å². The lowest BCUT2D eigenvalue weighted by Gasteiger charge is -2.25. The summed E-state index contributed by atoms with van der Waals surface area (Å²) in [7, 11) is 1.93. The Bertz CT molecular complexity index is 581. The summed E-state index contributed by atoms with van der Waals surface area (Å²) in [5, 5.41) is 9.47. The van der Waals surface area contributed by atoms with Gasteiger partial charge in [0.15, 0.2) is 0 Å². The number of hydrogen-bond acceptors (Lipinski definition) is 2. The monoisotopic (exact) mass is 269 g/mol. The molecule has 0 aromatic heterocycles. The lowest BCUT2D eigenvalue weighted by molar-refractivity contribution is -0.138. The molecule has 0 spiro atoms. The molecule has 1 N–H and O–H groups in total. The van der Waals surface area contributed by atoms with E-state index in [1.54, 1.807) is 0 Å². The molecule has 104 valence electrons. The van der Waals surface area contributed by atoms with E-state index in [9.17, 15) is 9.90 Å². The molecule has 2 aromatic rings. The predicted molar refractivity (Wildman–Crippen MR) is 81.3 cm³/mol. The van der Waals surface area contributed by atoms with Gasteiger partial charge in [0.2, 0.25) is 0 Å². The predicted octanol–water partition coefficient (Wildman–Crippen LogP) is 3.30. The van der Waals surface area contributed by atoms with E-state index < -0.39 is 11.9 Å². The summed E-state index contributed by atoms with van der Waals surface area (Å²) < 4.78 is 0. The van der Waals surface area contributed by atoms with Crippen LogP contribution in [0.25, 0.3) is 0 Å². The number of carboxylic acid groups (broad SMARTS) is 1. The van der Waals surface area contributed by atoms with Gasteiger partial charge in [-0.05, 0) is 24.1 Å². The summed E-state index contributed by atoms with van der Waals surface area (Å²) in [6.45, 7) is 2.48. The zero-order valence-electron chi connectivity index (χ0n) is 11.8. The normalized spacial score (nSPS) is 11.9. The number of para-hydroxylation sites is 1. The minimum atomic E-state index is -0.795. The highest BCUT2D eigenvalue weighted by molar-refractivity contribution is 5.77. The molecule has 0 heterocycles. The molecule has 0 aliphatic carbocycles. The average Bonchev–Trinajstić information content (AvgIpc) is 2.45. The van der Waals surface area contributed by atoms with Crippen LogP contribution in [0.2, 0.25) is 0 Å². The van der Waals surface area contributed by atoms with E-state index in [4.69, 9.17) is 0 Å². The van der Waals surface area contributed by atoms with Gasteiger partial charge in [-0.15, -0.1) is 0 Å². The van der Waals surface area contributed by atoms with Crippen molar-refractivity contribution in [3.05, 3.63) is 65.7 Å². The van der Waals surface area contributed by atoms with Crippen LogP contribution in [0.1, 0.15) is 17.0 Å². The van der Waals surface area contributed by atoms with Gasteiger partial charge in [-0.2, -0.15) is 0 Å². The van der Waals surface area contributed by atoms with Crippen LogP contribution in [0.15, 0.2) is 54.6 Å². The maximum atomic E-state index is 11.5. The molecule has 0 fully saturated rings. The third-order valence-corrected chi connectivity index (χ3v) is 3.48. The van der Waals surface area contributed by atoms with Gasteiger partial charge < -0.3 is 10.0 Å². The number of carboxylic acids is 1. The first-order valence-corrected chi connectivity index (χ1v) is 6.64. The van der Waals surface area contributed by atoms with E-state index in [2.05, 4.69) is 0 Å². The smallest absolute Gasteiger partial charge is 0.312 e. The van der Waals surface area contributed by atoms with Crippen molar-refractivity contribution in [2.24, 2.45) is 0 Å². The number of aryl methyl sites for hydroxylation is 1. The number of likely N-dealkylation sites (N-methyl/N-ethyl adjacent to an activating group) is 1. The first-order chi connectivity index (χ1) is 9.59. The maximum absolute atomic E-state index is 11.5. The van der Waals surface area contributed by atoms with Crippen molar-refractivity contribution in [3.8, 4) is 0 Å². The van der Waals surface area contributed by atoms with Crippen molar-refractivity contribution >= 4 is 11.7 Å². The number of rotatable bonds is 5. The maximum Gasteiger partial charge on any atom is 0.312 e. The summed E-state index contributed by atoms with van der Waals surface area (Å²) in [5.41, 5.74) is 3.04. The molecule has 3 nitrogen and oxygen atoms in total. The largest absolute Gasteiger partial charge is 0.481 e. The van der Waals surface area contributed by atoms with Gasteiger partial charge in [0.05, 0.1) is 5.92 Å². The highest BCUT2D eigenvalue weighted by Crippen LogP contribution is 2.23. The average molecular weight is 269 g/mol. The fraction of sp³-hybridized carbons (Fsp3) is 0.235. The fourth-order valence-corrected chi connectivity index (χ4v) is 2.38. The Kier molecular flexibility index (Phi) is 4.41. The number of hydrogen-bond donors (Lipinski definition) is 1. The van der Waals surface area contributed by atoms with Crippen molar-refractivity contribution in [3.63, 3.8) is 0 Å². The Morgan fingerprint density at radius 3 is 2.30 bits per heavy atom. The molecule has 1 unspecified atom stereocenters. The fourth-order valence-electron chi connectivity index (χ4n) is 2.38. The molecule has 0 aliphatic rings. The highest BCUT2D eigenvalue weighted by atomic mass is 16.4. The van der Waals surface area contributed by atoms with Gasteiger partial charge in [0.25, 0.3) is 0 Å². The zero-order chi connectivity index (χ0) is 14.5. The summed E-state index contributed by atoms with van der Waals surface area (Å²) in [4.78, 5) is 13.5. The van der Waals surface area contributed by atoms with Gasteiger partial charge in [0.1, 0.15) is 0 Å². The van der Waals surface area contributed by atoms with Gasteiger partial charge in [0, 0.05) is 19.3 Å². The van der Waals surface area contributed by atoms with Crippen molar-refractivity contribution in [1.29, 1.82) is 0 Å². The molecule has 0 bridgehead atoms. The number of benzene rings is 2. The van der Waals surface area contributed by atoms with E-state index in [1.165, 1.54) is 0 Å². The number of carbonyl (C=O) groups is 1. The molecule has 2 rings (SSSR count). The minimum absolute atomic E-state index is 0.449. The first-order valence-electron chi connectivity index (χ1n) is 6.64. The quantitative estimate of drug-likeness (QED) is 0.905. The molecule has 20 heavy (non-hydrogen) atoms. The van der Waals surface area contributed by atoms with E-state index >= 15 is 0 Å². The van der Waals surface area contributed by atoms with Crippen LogP contribution in [0.4, 0.5) is 5.69 Å². The van der Waals surface area contributed by atoms with Crippen LogP contribution < -0.4 is 4.90 Å². The summed E-state index contributed by atoms with van der Waals surface area (Å²) in [5.74, 6) is -1.32. The molecule has 3 heteroatoms. The lowest BCUT2D eigenvalue weighted by Crippen LogP contribution is -2.29. The van der Waals surface area contributed by atoms with E-state index in [1.807, 2.05) is 73.5 Å². The zero-order valence-corrected chi connectivity index (χ0v) is 11.8. The molecule has 0 amide bonds. The van der Waals surface area contributed by atoms with Gasteiger partial charge in [-0.1, -0.05) is 48.5 Å². The standard InChI is InChI=1S/C17H19NO2/c1-13-8-6-7-11-16(13)18(2)12-15(17(19)20)14-9-4-3-5-10-14/h3-11,15H,12H2,1-2H3,(H,19,20). The van der Waals surface area contributed by atoms with Crippen molar-refractivity contribution < 1.29 is 9.90 Å². The van der Waals surface area contributed by atoms with Crippen LogP contribution in [0, 0.1) is 6.92 Å². The molecule has 1 atom stereocenters. The second kappa shape index (κ2) is 6.24. The molecule has 0 saturated heterocycles. The molecule has 0 aliphatic heterocycles. The Hall–Kier alpha value is -2.29. The van der Waals surface area contributed by atoms with Crippen molar-refractivity contribution in [2.75, 3.05) is 18.5 Å².